The predicted octanol–water partition coefficient (Wildman–Crippen LogP) is 3.55. The fraction of sp³-hybridized carbons (Fsp3) is 0.500. The third-order valence-electron chi connectivity index (χ3n) is 6.76. The number of nitrogens with zero attached hydrogens (tertiary/aromatic N) is 4. The number of pyridine rings is 1. The normalized spacial score (nSPS) is 20.8. The van der Waals surface area contributed by atoms with E-state index in [9.17, 15) is 13.6 Å². The van der Waals surface area contributed by atoms with Crippen LogP contribution in [0.3, 0.4) is 0 Å². The van der Waals surface area contributed by atoms with Crippen molar-refractivity contribution in [3.8, 4) is 0 Å². The summed E-state index contributed by atoms with van der Waals surface area (Å²) in [6.07, 6.45) is 3.51. The molecule has 0 aliphatic carbocycles. The van der Waals surface area contributed by atoms with E-state index in [1.165, 1.54) is 18.2 Å². The summed E-state index contributed by atoms with van der Waals surface area (Å²) in [5.41, 5.74) is 0.602. The highest BCUT2D eigenvalue weighted by molar-refractivity contribution is 6.33. The standard InChI is InChI=1S/C24H30ClF2N5O/c1-16-14-31(23-20(25)12-17(13-29-23)24(33)28-2)10-11-32(16)18-6-8-30(9-7-18)15-19-21(26)4-3-5-22(19)27/h3-5,12-13,16,18H,6-11,14-15H2,1-2H3,(H,28,33)/t16-/m0/s1. The van der Waals surface area contributed by atoms with Crippen molar-refractivity contribution in [2.75, 3.05) is 44.7 Å². The van der Waals surface area contributed by atoms with Gasteiger partial charge in [-0.3, -0.25) is 14.6 Å². The van der Waals surface area contributed by atoms with E-state index in [4.69, 9.17) is 11.6 Å². The van der Waals surface area contributed by atoms with Crippen molar-refractivity contribution in [3.63, 3.8) is 0 Å². The highest BCUT2D eigenvalue weighted by atomic mass is 35.5. The van der Waals surface area contributed by atoms with Crippen LogP contribution in [0, 0.1) is 11.6 Å². The first-order valence-electron chi connectivity index (χ1n) is 11.4. The molecular weight excluding hydrogens is 448 g/mol. The average Bonchev–Trinajstić information content (AvgIpc) is 2.81. The third kappa shape index (κ3) is 5.28. The second-order valence-corrected chi connectivity index (χ2v) is 9.26. The van der Waals surface area contributed by atoms with Gasteiger partial charge in [-0.15, -0.1) is 0 Å². The Morgan fingerprint density at radius 1 is 1.18 bits per heavy atom. The molecule has 1 atom stereocenters. The number of nitrogens with one attached hydrogen (secondary N) is 1. The molecule has 33 heavy (non-hydrogen) atoms. The van der Waals surface area contributed by atoms with Crippen molar-refractivity contribution in [3.05, 3.63) is 58.2 Å². The summed E-state index contributed by atoms with van der Waals surface area (Å²) in [6, 6.07) is 6.46. The Bertz CT molecular complexity index is 979. The van der Waals surface area contributed by atoms with Gasteiger partial charge in [-0.2, -0.15) is 0 Å². The van der Waals surface area contributed by atoms with E-state index < -0.39 is 11.6 Å². The third-order valence-corrected chi connectivity index (χ3v) is 7.04. The van der Waals surface area contributed by atoms with Crippen molar-refractivity contribution in [2.45, 2.75) is 38.4 Å². The van der Waals surface area contributed by atoms with Crippen LogP contribution in [0.1, 0.15) is 35.7 Å². The van der Waals surface area contributed by atoms with E-state index in [1.807, 2.05) is 0 Å². The smallest absolute Gasteiger partial charge is 0.252 e. The van der Waals surface area contributed by atoms with Gasteiger partial charge in [-0.05, 0) is 51.1 Å². The number of benzene rings is 1. The summed E-state index contributed by atoms with van der Waals surface area (Å²) < 4.78 is 28.0. The number of amides is 1. The largest absolute Gasteiger partial charge is 0.355 e. The molecule has 0 saturated carbocycles. The molecule has 2 fully saturated rings. The highest BCUT2D eigenvalue weighted by Gasteiger charge is 2.33. The summed E-state index contributed by atoms with van der Waals surface area (Å²) in [6.45, 7) is 6.65. The second kappa shape index (κ2) is 10.3. The van der Waals surface area contributed by atoms with Crippen LogP contribution in [0.25, 0.3) is 0 Å². The van der Waals surface area contributed by atoms with Crippen LogP contribution in [0.2, 0.25) is 5.02 Å². The van der Waals surface area contributed by atoms with E-state index in [2.05, 4.69) is 31.9 Å². The summed E-state index contributed by atoms with van der Waals surface area (Å²) in [4.78, 5) is 23.1. The number of rotatable bonds is 5. The van der Waals surface area contributed by atoms with Gasteiger partial charge in [-0.1, -0.05) is 17.7 Å². The molecule has 1 amide bonds. The molecule has 6 nitrogen and oxygen atoms in total. The Morgan fingerprint density at radius 3 is 2.48 bits per heavy atom. The van der Waals surface area contributed by atoms with E-state index in [-0.39, 0.29) is 11.5 Å². The van der Waals surface area contributed by atoms with Crippen molar-refractivity contribution in [2.24, 2.45) is 0 Å². The number of likely N-dealkylation sites (tertiary alicyclic amines) is 1. The minimum Gasteiger partial charge on any atom is -0.355 e. The van der Waals surface area contributed by atoms with Crippen LogP contribution in [-0.4, -0.2) is 72.5 Å². The molecule has 2 aliphatic heterocycles. The molecule has 2 saturated heterocycles. The SMILES string of the molecule is CNC(=O)c1cnc(N2CCN(C3CCN(Cc4c(F)cccc4F)CC3)[C@@H](C)C2)c(Cl)c1. The van der Waals surface area contributed by atoms with Crippen molar-refractivity contribution in [1.82, 2.24) is 20.1 Å². The van der Waals surface area contributed by atoms with Crippen molar-refractivity contribution in [1.29, 1.82) is 0 Å². The molecule has 4 rings (SSSR count). The van der Waals surface area contributed by atoms with Gasteiger partial charge in [0.15, 0.2) is 0 Å². The number of carbonyl (C=O) groups is 1. The molecule has 0 radical (unpaired) electrons. The predicted molar refractivity (Wildman–Crippen MR) is 126 cm³/mol. The Hall–Kier alpha value is -2.29. The van der Waals surface area contributed by atoms with Gasteiger partial charge in [-0.25, -0.2) is 13.8 Å². The zero-order valence-corrected chi connectivity index (χ0v) is 19.8. The average molecular weight is 478 g/mol. The maximum Gasteiger partial charge on any atom is 0.252 e. The Kier molecular flexibility index (Phi) is 7.46. The number of piperazine rings is 1. The van der Waals surface area contributed by atoms with Crippen LogP contribution in [0.15, 0.2) is 30.5 Å². The number of carbonyl (C=O) groups excluding carboxylic acids is 1. The number of hydrogen-bond donors (Lipinski definition) is 1. The quantitative estimate of drug-likeness (QED) is 0.713. The lowest BCUT2D eigenvalue weighted by atomic mass is 9.99. The molecular formula is C24H30ClF2N5O. The summed E-state index contributed by atoms with van der Waals surface area (Å²) in [7, 11) is 1.58. The van der Waals surface area contributed by atoms with E-state index in [0.717, 1.165) is 45.6 Å². The van der Waals surface area contributed by atoms with Gasteiger partial charge in [0.05, 0.1) is 10.6 Å². The molecule has 1 aromatic heterocycles. The van der Waals surface area contributed by atoms with Crippen LogP contribution in [0.4, 0.5) is 14.6 Å². The van der Waals surface area contributed by atoms with Gasteiger partial charge in [0.25, 0.3) is 5.91 Å². The fourth-order valence-electron chi connectivity index (χ4n) is 4.95. The molecule has 2 aromatic rings. The molecule has 9 heteroatoms. The molecule has 0 bridgehead atoms. The number of halogens is 3. The van der Waals surface area contributed by atoms with Crippen molar-refractivity contribution < 1.29 is 13.6 Å². The number of piperidine rings is 1. The molecule has 178 valence electrons. The molecule has 1 N–H and O–H groups in total. The monoisotopic (exact) mass is 477 g/mol. The topological polar surface area (TPSA) is 51.7 Å². The van der Waals surface area contributed by atoms with E-state index >= 15 is 0 Å². The Balaban J connectivity index is 1.32. The first-order chi connectivity index (χ1) is 15.9. The second-order valence-electron chi connectivity index (χ2n) is 8.85. The molecule has 0 spiro atoms. The van der Waals surface area contributed by atoms with Crippen LogP contribution < -0.4 is 10.2 Å². The maximum absolute atomic E-state index is 14.0. The van der Waals surface area contributed by atoms with Crippen LogP contribution >= 0.6 is 11.6 Å². The summed E-state index contributed by atoms with van der Waals surface area (Å²) in [5.74, 6) is -0.453. The first-order valence-corrected chi connectivity index (χ1v) is 11.8. The van der Waals surface area contributed by atoms with Gasteiger partial charge < -0.3 is 10.2 Å². The van der Waals surface area contributed by atoms with E-state index in [1.54, 1.807) is 19.3 Å². The van der Waals surface area contributed by atoms with Gasteiger partial charge in [0, 0.05) is 57.1 Å². The summed E-state index contributed by atoms with van der Waals surface area (Å²) >= 11 is 6.44. The van der Waals surface area contributed by atoms with Crippen molar-refractivity contribution >= 4 is 23.3 Å². The minimum atomic E-state index is -0.475. The molecule has 0 unspecified atom stereocenters. The first kappa shape index (κ1) is 23.9. The minimum absolute atomic E-state index is 0.157. The van der Waals surface area contributed by atoms with Gasteiger partial charge in [0.1, 0.15) is 17.5 Å². The summed E-state index contributed by atoms with van der Waals surface area (Å²) in [5, 5.41) is 3.06. The fourth-order valence-corrected chi connectivity index (χ4v) is 5.24. The Morgan fingerprint density at radius 2 is 1.88 bits per heavy atom. The number of hydrogen-bond acceptors (Lipinski definition) is 5. The maximum atomic E-state index is 14.0. The zero-order valence-electron chi connectivity index (χ0n) is 19.0. The molecule has 3 heterocycles. The highest BCUT2D eigenvalue weighted by Crippen LogP contribution is 2.29. The van der Waals surface area contributed by atoms with Crippen LogP contribution in [-0.2, 0) is 6.54 Å². The lowest BCUT2D eigenvalue weighted by molar-refractivity contribution is 0.0683. The molecule has 1 aromatic carbocycles. The Labute approximate surface area is 198 Å². The zero-order chi connectivity index (χ0) is 23.5. The van der Waals surface area contributed by atoms with Gasteiger partial charge >= 0.3 is 0 Å². The van der Waals surface area contributed by atoms with Gasteiger partial charge in [0.2, 0.25) is 0 Å². The lowest BCUT2D eigenvalue weighted by Gasteiger charge is -2.47. The van der Waals surface area contributed by atoms with Crippen LogP contribution in [0.5, 0.6) is 0 Å². The number of aromatic nitrogens is 1. The number of anilines is 1. The van der Waals surface area contributed by atoms with E-state index in [0.29, 0.717) is 35.0 Å². The lowest BCUT2D eigenvalue weighted by Crippen LogP contribution is -2.57. The molecule has 2 aliphatic rings.